The van der Waals surface area contributed by atoms with Crippen LogP contribution in [0, 0.1) is 0 Å². The molecule has 1 fully saturated rings. The Balaban J connectivity index is 2.24. The van der Waals surface area contributed by atoms with Crippen LogP contribution in [-0.4, -0.2) is 71.9 Å². The van der Waals surface area contributed by atoms with Gasteiger partial charge in [0, 0.05) is 19.1 Å². The van der Waals surface area contributed by atoms with Crippen LogP contribution < -0.4 is 0 Å². The second kappa shape index (κ2) is 6.18. The topological polar surface area (TPSA) is 64.0 Å². The van der Waals surface area contributed by atoms with E-state index in [0.29, 0.717) is 12.6 Å². The standard InChI is InChI=1S/C11H22N2O3/c1-12(8-10(14)6-11(15)16)7-9-4-3-5-13(9)2/h9-10,14H,3-8H2,1-2H3,(H,15,16). The van der Waals surface area contributed by atoms with Crippen molar-refractivity contribution in [2.45, 2.75) is 31.4 Å². The van der Waals surface area contributed by atoms with Crippen LogP contribution in [0.1, 0.15) is 19.3 Å². The molecule has 0 aromatic heterocycles. The zero-order valence-electron chi connectivity index (χ0n) is 10.1. The molecule has 2 N–H and O–H groups in total. The summed E-state index contributed by atoms with van der Waals surface area (Å²) >= 11 is 0. The van der Waals surface area contributed by atoms with E-state index < -0.39 is 12.1 Å². The van der Waals surface area contributed by atoms with E-state index in [1.165, 1.54) is 12.8 Å². The molecule has 94 valence electrons. The number of carboxylic acid groups (broad SMARTS) is 1. The summed E-state index contributed by atoms with van der Waals surface area (Å²) < 4.78 is 0. The first-order valence-corrected chi connectivity index (χ1v) is 5.77. The van der Waals surface area contributed by atoms with Gasteiger partial charge >= 0.3 is 5.97 Å². The van der Waals surface area contributed by atoms with Gasteiger partial charge in [0.2, 0.25) is 0 Å². The Labute approximate surface area is 96.7 Å². The third-order valence-corrected chi connectivity index (χ3v) is 3.13. The Kier molecular flexibility index (Phi) is 5.18. The summed E-state index contributed by atoms with van der Waals surface area (Å²) in [4.78, 5) is 14.7. The number of rotatable bonds is 6. The number of hydrogen-bond donors (Lipinski definition) is 2. The quantitative estimate of drug-likeness (QED) is 0.664. The Hall–Kier alpha value is -0.650. The zero-order chi connectivity index (χ0) is 12.1. The normalized spacial score (nSPS) is 23.9. The van der Waals surface area contributed by atoms with Gasteiger partial charge < -0.3 is 20.0 Å². The van der Waals surface area contributed by atoms with E-state index in [1.54, 1.807) is 0 Å². The van der Waals surface area contributed by atoms with Crippen LogP contribution in [-0.2, 0) is 4.79 Å². The highest BCUT2D eigenvalue weighted by atomic mass is 16.4. The molecule has 0 bridgehead atoms. The molecule has 16 heavy (non-hydrogen) atoms. The van der Waals surface area contributed by atoms with Gasteiger partial charge in [-0.15, -0.1) is 0 Å². The lowest BCUT2D eigenvalue weighted by Gasteiger charge is -2.26. The van der Waals surface area contributed by atoms with E-state index >= 15 is 0 Å². The summed E-state index contributed by atoms with van der Waals surface area (Å²) in [5, 5.41) is 18.0. The van der Waals surface area contributed by atoms with E-state index in [4.69, 9.17) is 5.11 Å². The van der Waals surface area contributed by atoms with Crippen LogP contribution in [0.25, 0.3) is 0 Å². The van der Waals surface area contributed by atoms with Crippen molar-refractivity contribution >= 4 is 5.97 Å². The number of aliphatic hydroxyl groups excluding tert-OH is 1. The number of likely N-dealkylation sites (tertiary alicyclic amines) is 1. The summed E-state index contributed by atoms with van der Waals surface area (Å²) in [6.45, 7) is 2.46. The molecule has 2 unspecified atom stereocenters. The van der Waals surface area contributed by atoms with E-state index in [0.717, 1.165) is 13.1 Å². The largest absolute Gasteiger partial charge is 0.481 e. The van der Waals surface area contributed by atoms with Gasteiger partial charge in [-0.25, -0.2) is 0 Å². The first kappa shape index (κ1) is 13.4. The van der Waals surface area contributed by atoms with Gasteiger partial charge in [0.25, 0.3) is 0 Å². The Morgan fingerprint density at radius 1 is 1.62 bits per heavy atom. The first-order valence-electron chi connectivity index (χ1n) is 5.77. The molecular formula is C11H22N2O3. The van der Waals surface area contributed by atoms with Gasteiger partial charge in [-0.2, -0.15) is 0 Å². The van der Waals surface area contributed by atoms with Gasteiger partial charge in [0.1, 0.15) is 0 Å². The number of hydrogen-bond acceptors (Lipinski definition) is 4. The monoisotopic (exact) mass is 230 g/mol. The minimum absolute atomic E-state index is 0.176. The summed E-state index contributed by atoms with van der Waals surface area (Å²) in [5.74, 6) is -0.945. The van der Waals surface area contributed by atoms with Crippen molar-refractivity contribution in [3.8, 4) is 0 Å². The first-order chi connectivity index (χ1) is 7.49. The lowest BCUT2D eigenvalue weighted by molar-refractivity contribution is -0.139. The van der Waals surface area contributed by atoms with Crippen molar-refractivity contribution < 1.29 is 15.0 Å². The van der Waals surface area contributed by atoms with Crippen LogP contribution in [0.15, 0.2) is 0 Å². The fraction of sp³-hybridized carbons (Fsp3) is 0.909. The lowest BCUT2D eigenvalue weighted by atomic mass is 10.2. The van der Waals surface area contributed by atoms with Gasteiger partial charge in [-0.05, 0) is 33.5 Å². The van der Waals surface area contributed by atoms with Crippen LogP contribution in [0.3, 0.4) is 0 Å². The van der Waals surface area contributed by atoms with E-state index in [2.05, 4.69) is 11.9 Å². The summed E-state index contributed by atoms with van der Waals surface area (Å²) in [6, 6.07) is 0.544. The molecular weight excluding hydrogens is 208 g/mol. The highest BCUT2D eigenvalue weighted by Gasteiger charge is 2.23. The predicted octanol–water partition coefficient (Wildman–Crippen LogP) is -0.152. The fourth-order valence-corrected chi connectivity index (χ4v) is 2.27. The van der Waals surface area contributed by atoms with Crippen molar-refractivity contribution in [1.82, 2.24) is 9.80 Å². The average molecular weight is 230 g/mol. The molecule has 0 saturated carbocycles. The molecule has 0 aromatic rings. The van der Waals surface area contributed by atoms with Crippen molar-refractivity contribution in [1.29, 1.82) is 0 Å². The Morgan fingerprint density at radius 2 is 2.31 bits per heavy atom. The van der Waals surface area contributed by atoms with Gasteiger partial charge in [0.15, 0.2) is 0 Å². The molecule has 1 aliphatic rings. The number of aliphatic carboxylic acids is 1. The number of carbonyl (C=O) groups is 1. The second-order valence-electron chi connectivity index (χ2n) is 4.75. The molecule has 1 heterocycles. The maximum atomic E-state index is 10.4. The third kappa shape index (κ3) is 4.47. The molecule has 2 atom stereocenters. The van der Waals surface area contributed by atoms with Crippen molar-refractivity contribution in [2.24, 2.45) is 0 Å². The number of nitrogens with zero attached hydrogens (tertiary/aromatic N) is 2. The van der Waals surface area contributed by atoms with Crippen molar-refractivity contribution in [3.05, 3.63) is 0 Å². The predicted molar refractivity (Wildman–Crippen MR) is 61.4 cm³/mol. The molecule has 0 spiro atoms. The van der Waals surface area contributed by atoms with Crippen molar-refractivity contribution in [3.63, 3.8) is 0 Å². The molecule has 5 nitrogen and oxygen atoms in total. The number of carboxylic acids is 1. The van der Waals surface area contributed by atoms with Gasteiger partial charge in [0.05, 0.1) is 12.5 Å². The van der Waals surface area contributed by atoms with E-state index in [1.807, 2.05) is 11.9 Å². The van der Waals surface area contributed by atoms with Crippen molar-refractivity contribution in [2.75, 3.05) is 33.7 Å². The van der Waals surface area contributed by atoms with Crippen LogP contribution in [0.5, 0.6) is 0 Å². The summed E-state index contributed by atoms with van der Waals surface area (Å²) in [5.41, 5.74) is 0. The molecule has 1 saturated heterocycles. The minimum atomic E-state index is -0.945. The van der Waals surface area contributed by atoms with Gasteiger partial charge in [-0.3, -0.25) is 4.79 Å². The third-order valence-electron chi connectivity index (χ3n) is 3.13. The molecule has 5 heteroatoms. The highest BCUT2D eigenvalue weighted by Crippen LogP contribution is 2.15. The molecule has 0 radical (unpaired) electrons. The highest BCUT2D eigenvalue weighted by molar-refractivity contribution is 5.67. The second-order valence-corrected chi connectivity index (χ2v) is 4.75. The number of aliphatic hydroxyl groups is 1. The van der Waals surface area contributed by atoms with Crippen LogP contribution >= 0.6 is 0 Å². The molecule has 1 rings (SSSR count). The van der Waals surface area contributed by atoms with E-state index in [-0.39, 0.29) is 6.42 Å². The smallest absolute Gasteiger partial charge is 0.306 e. The zero-order valence-corrected chi connectivity index (χ0v) is 10.1. The minimum Gasteiger partial charge on any atom is -0.481 e. The lowest BCUT2D eigenvalue weighted by Crippen LogP contribution is -2.40. The van der Waals surface area contributed by atoms with Crippen LogP contribution in [0.4, 0.5) is 0 Å². The Morgan fingerprint density at radius 3 is 2.81 bits per heavy atom. The number of likely N-dealkylation sites (N-methyl/N-ethyl adjacent to an activating group) is 2. The maximum Gasteiger partial charge on any atom is 0.306 e. The Bertz CT molecular complexity index is 235. The SMILES string of the molecule is CN(CC(O)CC(=O)O)CC1CCCN1C. The van der Waals surface area contributed by atoms with E-state index in [9.17, 15) is 9.90 Å². The summed E-state index contributed by atoms with van der Waals surface area (Å²) in [6.07, 6.45) is 1.47. The molecule has 0 aliphatic carbocycles. The molecule has 0 amide bonds. The van der Waals surface area contributed by atoms with Crippen LogP contribution in [0.2, 0.25) is 0 Å². The average Bonchev–Trinajstić information content (AvgIpc) is 2.49. The van der Waals surface area contributed by atoms with Gasteiger partial charge in [-0.1, -0.05) is 0 Å². The summed E-state index contributed by atoms with van der Waals surface area (Å²) in [7, 11) is 4.04. The maximum absolute atomic E-state index is 10.4. The molecule has 0 aromatic carbocycles. The molecule has 1 aliphatic heterocycles. The fourth-order valence-electron chi connectivity index (χ4n) is 2.27.